The van der Waals surface area contributed by atoms with E-state index in [4.69, 9.17) is 5.73 Å². The molecule has 2 amide bonds. The fourth-order valence-corrected chi connectivity index (χ4v) is 2.43. The molecular formula is C14H27N3O2. The van der Waals surface area contributed by atoms with Gasteiger partial charge in [0.05, 0.1) is 6.04 Å². The predicted molar refractivity (Wildman–Crippen MR) is 75.4 cm³/mol. The van der Waals surface area contributed by atoms with Gasteiger partial charge in [-0.05, 0) is 24.7 Å². The molecule has 0 spiro atoms. The van der Waals surface area contributed by atoms with Crippen molar-refractivity contribution in [3.8, 4) is 0 Å². The summed E-state index contributed by atoms with van der Waals surface area (Å²) >= 11 is 0. The van der Waals surface area contributed by atoms with Gasteiger partial charge in [0, 0.05) is 33.6 Å². The molecule has 1 aliphatic heterocycles. The lowest BCUT2D eigenvalue weighted by Gasteiger charge is -2.36. The average Bonchev–Trinajstić information content (AvgIpc) is 2.37. The van der Waals surface area contributed by atoms with Gasteiger partial charge in [-0.25, -0.2) is 0 Å². The maximum Gasteiger partial charge on any atom is 0.239 e. The number of hydrogen-bond acceptors (Lipinski definition) is 3. The molecule has 2 unspecified atom stereocenters. The zero-order chi connectivity index (χ0) is 14.6. The van der Waals surface area contributed by atoms with Crippen molar-refractivity contribution >= 4 is 11.8 Å². The molecule has 0 bridgehead atoms. The first-order chi connectivity index (χ1) is 8.82. The Bertz CT molecular complexity index is 331. The van der Waals surface area contributed by atoms with E-state index in [9.17, 15) is 9.59 Å². The summed E-state index contributed by atoms with van der Waals surface area (Å²) < 4.78 is 0. The highest BCUT2D eigenvalue weighted by atomic mass is 16.2. The summed E-state index contributed by atoms with van der Waals surface area (Å²) in [7, 11) is 1.81. The fraction of sp³-hybridized carbons (Fsp3) is 0.857. The maximum atomic E-state index is 12.2. The Morgan fingerprint density at radius 1 is 1.42 bits per heavy atom. The molecule has 2 N–H and O–H groups in total. The van der Waals surface area contributed by atoms with E-state index in [1.807, 2.05) is 25.8 Å². The van der Waals surface area contributed by atoms with Crippen LogP contribution in [0, 0.1) is 11.8 Å². The third-order valence-corrected chi connectivity index (χ3v) is 3.90. The molecule has 5 heteroatoms. The van der Waals surface area contributed by atoms with Gasteiger partial charge in [0.15, 0.2) is 0 Å². The first-order valence-electron chi connectivity index (χ1n) is 7.09. The lowest BCUT2D eigenvalue weighted by Crippen LogP contribution is -2.51. The molecule has 5 nitrogen and oxygen atoms in total. The molecule has 1 saturated heterocycles. The molecule has 1 aliphatic rings. The molecule has 0 aromatic rings. The quantitative estimate of drug-likeness (QED) is 0.816. The van der Waals surface area contributed by atoms with E-state index in [0.29, 0.717) is 5.92 Å². The second kappa shape index (κ2) is 6.89. The van der Waals surface area contributed by atoms with Gasteiger partial charge in [-0.15, -0.1) is 0 Å². The second-order valence-electron chi connectivity index (χ2n) is 5.96. The molecular weight excluding hydrogens is 242 g/mol. The van der Waals surface area contributed by atoms with Gasteiger partial charge < -0.3 is 15.5 Å². The minimum absolute atomic E-state index is 0.0465. The summed E-state index contributed by atoms with van der Waals surface area (Å²) in [6.45, 7) is 7.73. The number of likely N-dealkylation sites (tertiary alicyclic amines) is 1. The Hall–Kier alpha value is -1.10. The Labute approximate surface area is 116 Å². The normalized spacial score (nSPS) is 21.4. The van der Waals surface area contributed by atoms with Crippen molar-refractivity contribution in [2.24, 2.45) is 17.6 Å². The molecule has 1 rings (SSSR count). The molecule has 0 aromatic heterocycles. The summed E-state index contributed by atoms with van der Waals surface area (Å²) in [5.41, 5.74) is 5.93. The Balaban J connectivity index is 2.54. The van der Waals surface area contributed by atoms with Crippen molar-refractivity contribution in [3.63, 3.8) is 0 Å². The van der Waals surface area contributed by atoms with Gasteiger partial charge >= 0.3 is 0 Å². The van der Waals surface area contributed by atoms with Gasteiger partial charge in [0.2, 0.25) is 11.8 Å². The summed E-state index contributed by atoms with van der Waals surface area (Å²) in [6.07, 6.45) is 2.06. The Morgan fingerprint density at radius 3 is 2.58 bits per heavy atom. The van der Waals surface area contributed by atoms with Crippen LogP contribution in [0.25, 0.3) is 0 Å². The van der Waals surface area contributed by atoms with Crippen LogP contribution >= 0.6 is 0 Å². The lowest BCUT2D eigenvalue weighted by molar-refractivity contribution is -0.135. The topological polar surface area (TPSA) is 66.6 Å². The van der Waals surface area contributed by atoms with Crippen molar-refractivity contribution in [1.29, 1.82) is 0 Å². The second-order valence-corrected chi connectivity index (χ2v) is 5.96. The van der Waals surface area contributed by atoms with Crippen LogP contribution in [0.2, 0.25) is 0 Å². The lowest BCUT2D eigenvalue weighted by atomic mass is 9.95. The van der Waals surface area contributed by atoms with Crippen LogP contribution in [0.1, 0.15) is 33.6 Å². The number of hydrogen-bond donors (Lipinski definition) is 1. The molecule has 2 atom stereocenters. The van der Waals surface area contributed by atoms with Gasteiger partial charge in [-0.2, -0.15) is 0 Å². The number of nitrogens with zero attached hydrogens (tertiary/aromatic N) is 2. The van der Waals surface area contributed by atoms with E-state index in [0.717, 1.165) is 32.5 Å². The van der Waals surface area contributed by atoms with Crippen LogP contribution < -0.4 is 5.73 Å². The van der Waals surface area contributed by atoms with E-state index in [1.165, 1.54) is 0 Å². The fourth-order valence-electron chi connectivity index (χ4n) is 2.43. The van der Waals surface area contributed by atoms with Crippen molar-refractivity contribution in [3.05, 3.63) is 0 Å². The van der Waals surface area contributed by atoms with Gasteiger partial charge in [-0.1, -0.05) is 13.8 Å². The number of rotatable bonds is 4. The molecule has 110 valence electrons. The molecule has 1 fully saturated rings. The predicted octanol–water partition coefficient (Wildman–Crippen LogP) is 0.687. The summed E-state index contributed by atoms with van der Waals surface area (Å²) in [5.74, 6) is 0.645. The molecule has 0 radical (unpaired) electrons. The third-order valence-electron chi connectivity index (χ3n) is 3.90. The monoisotopic (exact) mass is 269 g/mol. The van der Waals surface area contributed by atoms with E-state index in [-0.39, 0.29) is 17.7 Å². The Kier molecular flexibility index (Phi) is 5.79. The first kappa shape index (κ1) is 16.0. The van der Waals surface area contributed by atoms with Crippen LogP contribution in [0.5, 0.6) is 0 Å². The summed E-state index contributed by atoms with van der Waals surface area (Å²) in [4.78, 5) is 27.1. The standard InChI is InChI=1S/C14H27N3O2/c1-10(2)13(15)14(19)17-7-5-6-12(9-17)8-16(4)11(3)18/h10,12-13H,5-9,15H2,1-4H3. The largest absolute Gasteiger partial charge is 0.346 e. The van der Waals surface area contributed by atoms with E-state index in [2.05, 4.69) is 0 Å². The SMILES string of the molecule is CC(=O)N(C)CC1CCCN(C(=O)C(N)C(C)C)C1. The first-order valence-corrected chi connectivity index (χ1v) is 7.09. The van der Waals surface area contributed by atoms with E-state index < -0.39 is 6.04 Å². The van der Waals surface area contributed by atoms with Gasteiger partial charge in [0.1, 0.15) is 0 Å². The molecule has 1 heterocycles. The number of carbonyl (C=O) groups excluding carboxylic acids is 2. The average molecular weight is 269 g/mol. The van der Waals surface area contributed by atoms with Crippen LogP contribution in [-0.2, 0) is 9.59 Å². The number of carbonyl (C=O) groups is 2. The van der Waals surface area contributed by atoms with Crippen LogP contribution in [0.4, 0.5) is 0 Å². The van der Waals surface area contributed by atoms with E-state index >= 15 is 0 Å². The summed E-state index contributed by atoms with van der Waals surface area (Å²) in [5, 5.41) is 0. The number of piperidine rings is 1. The van der Waals surface area contributed by atoms with Crippen LogP contribution in [0.15, 0.2) is 0 Å². The number of nitrogens with two attached hydrogens (primary N) is 1. The molecule has 0 aromatic carbocycles. The summed E-state index contributed by atoms with van der Waals surface area (Å²) in [6, 6.07) is -0.413. The minimum atomic E-state index is -0.413. The van der Waals surface area contributed by atoms with Crippen molar-refractivity contribution < 1.29 is 9.59 Å². The van der Waals surface area contributed by atoms with Crippen LogP contribution in [0.3, 0.4) is 0 Å². The highest BCUT2D eigenvalue weighted by molar-refractivity contribution is 5.82. The highest BCUT2D eigenvalue weighted by Gasteiger charge is 2.29. The van der Waals surface area contributed by atoms with Gasteiger partial charge in [-0.3, -0.25) is 9.59 Å². The molecule has 0 aliphatic carbocycles. The minimum Gasteiger partial charge on any atom is -0.346 e. The Morgan fingerprint density at radius 2 is 2.05 bits per heavy atom. The van der Waals surface area contributed by atoms with Crippen molar-refractivity contribution in [2.75, 3.05) is 26.7 Å². The van der Waals surface area contributed by atoms with Crippen molar-refractivity contribution in [2.45, 2.75) is 39.7 Å². The highest BCUT2D eigenvalue weighted by Crippen LogP contribution is 2.19. The third kappa shape index (κ3) is 4.49. The number of amides is 2. The molecule has 19 heavy (non-hydrogen) atoms. The maximum absolute atomic E-state index is 12.2. The van der Waals surface area contributed by atoms with Crippen molar-refractivity contribution in [1.82, 2.24) is 9.80 Å². The van der Waals surface area contributed by atoms with Gasteiger partial charge in [0.25, 0.3) is 0 Å². The zero-order valence-electron chi connectivity index (χ0n) is 12.6. The molecule has 0 saturated carbocycles. The smallest absolute Gasteiger partial charge is 0.239 e. The van der Waals surface area contributed by atoms with E-state index in [1.54, 1.807) is 11.8 Å². The zero-order valence-corrected chi connectivity index (χ0v) is 12.6. The van der Waals surface area contributed by atoms with Crippen LogP contribution in [-0.4, -0.2) is 54.3 Å².